The number of hydrogen-bond acceptors (Lipinski definition) is 4. The highest BCUT2D eigenvalue weighted by Crippen LogP contribution is 2.07. The lowest BCUT2D eigenvalue weighted by atomic mass is 10.2. The van der Waals surface area contributed by atoms with Crippen LogP contribution >= 0.6 is 0 Å². The number of nitrogens with one attached hydrogen (secondary N) is 1. The van der Waals surface area contributed by atoms with Crippen LogP contribution in [0, 0.1) is 6.92 Å². The molecule has 2 heterocycles. The van der Waals surface area contributed by atoms with E-state index in [2.05, 4.69) is 15.3 Å². The third kappa shape index (κ3) is 3.61. The second-order valence-electron chi connectivity index (χ2n) is 4.23. The molecule has 18 heavy (non-hydrogen) atoms. The quantitative estimate of drug-likeness (QED) is 0.837. The molecule has 0 aliphatic carbocycles. The van der Waals surface area contributed by atoms with Gasteiger partial charge in [-0.3, -0.25) is 9.97 Å². The van der Waals surface area contributed by atoms with Crippen molar-refractivity contribution in [1.29, 1.82) is 0 Å². The van der Waals surface area contributed by atoms with Crippen LogP contribution < -0.4 is 5.32 Å². The fraction of sp³-hybridized carbons (Fsp3) is 0.286. The van der Waals surface area contributed by atoms with Crippen molar-refractivity contribution in [3.05, 3.63) is 59.7 Å². The van der Waals surface area contributed by atoms with E-state index in [4.69, 9.17) is 0 Å². The third-order valence-corrected chi connectivity index (χ3v) is 2.65. The lowest BCUT2D eigenvalue weighted by Gasteiger charge is -2.10. The van der Waals surface area contributed by atoms with Gasteiger partial charge in [0.05, 0.1) is 11.4 Å². The second kappa shape index (κ2) is 6.23. The van der Waals surface area contributed by atoms with Gasteiger partial charge in [-0.25, -0.2) is 0 Å². The van der Waals surface area contributed by atoms with E-state index in [9.17, 15) is 5.11 Å². The van der Waals surface area contributed by atoms with Crippen LogP contribution in [0.1, 0.15) is 23.1 Å². The molecule has 2 rings (SSSR count). The monoisotopic (exact) mass is 243 g/mol. The molecule has 0 saturated heterocycles. The summed E-state index contributed by atoms with van der Waals surface area (Å²) in [6, 6.07) is 9.53. The fourth-order valence-corrected chi connectivity index (χ4v) is 1.62. The van der Waals surface area contributed by atoms with Gasteiger partial charge in [-0.05, 0) is 30.7 Å². The van der Waals surface area contributed by atoms with E-state index in [0.717, 1.165) is 11.3 Å². The summed E-state index contributed by atoms with van der Waals surface area (Å²) in [6.45, 7) is 3.12. The van der Waals surface area contributed by atoms with Gasteiger partial charge < -0.3 is 10.4 Å². The van der Waals surface area contributed by atoms with E-state index in [1.54, 1.807) is 6.20 Å². The molecule has 94 valence electrons. The second-order valence-corrected chi connectivity index (χ2v) is 4.23. The topological polar surface area (TPSA) is 58.0 Å². The minimum atomic E-state index is -0.586. The van der Waals surface area contributed by atoms with Crippen LogP contribution in [0.4, 0.5) is 0 Å². The number of aromatic nitrogens is 2. The van der Waals surface area contributed by atoms with Crippen LogP contribution in [-0.2, 0) is 6.54 Å². The van der Waals surface area contributed by atoms with Gasteiger partial charge in [0.2, 0.25) is 0 Å². The van der Waals surface area contributed by atoms with Gasteiger partial charge >= 0.3 is 0 Å². The molecule has 0 saturated carbocycles. The van der Waals surface area contributed by atoms with Crippen molar-refractivity contribution < 1.29 is 5.11 Å². The molecule has 0 bridgehead atoms. The predicted octanol–water partition coefficient (Wildman–Crippen LogP) is 1.61. The van der Waals surface area contributed by atoms with Gasteiger partial charge in [-0.1, -0.05) is 12.1 Å². The Balaban J connectivity index is 1.80. The zero-order chi connectivity index (χ0) is 12.8. The Kier molecular flexibility index (Phi) is 4.39. The van der Waals surface area contributed by atoms with Gasteiger partial charge in [0, 0.05) is 25.5 Å². The molecule has 0 fully saturated rings. The molecule has 2 aromatic rings. The van der Waals surface area contributed by atoms with Gasteiger partial charge in [0.25, 0.3) is 0 Å². The number of aryl methyl sites for hydroxylation is 1. The average molecular weight is 243 g/mol. The molecule has 0 radical (unpaired) electrons. The van der Waals surface area contributed by atoms with Gasteiger partial charge in [0.1, 0.15) is 6.10 Å². The van der Waals surface area contributed by atoms with Crippen LogP contribution in [0.5, 0.6) is 0 Å². The molecule has 4 nitrogen and oxygen atoms in total. The summed E-state index contributed by atoms with van der Waals surface area (Å²) in [5.41, 5.74) is 2.79. The normalized spacial score (nSPS) is 12.3. The Morgan fingerprint density at radius 2 is 2.11 bits per heavy atom. The number of aliphatic hydroxyl groups is 1. The van der Waals surface area contributed by atoms with Crippen LogP contribution in [0.15, 0.2) is 42.7 Å². The van der Waals surface area contributed by atoms with E-state index >= 15 is 0 Å². The zero-order valence-electron chi connectivity index (χ0n) is 10.4. The van der Waals surface area contributed by atoms with E-state index in [1.165, 1.54) is 0 Å². The Morgan fingerprint density at radius 3 is 2.78 bits per heavy atom. The highest BCUT2D eigenvalue weighted by molar-refractivity contribution is 5.12. The van der Waals surface area contributed by atoms with Crippen LogP contribution in [0.3, 0.4) is 0 Å². The highest BCUT2D eigenvalue weighted by Gasteiger charge is 2.07. The Labute approximate surface area is 107 Å². The van der Waals surface area contributed by atoms with Gasteiger partial charge in [-0.15, -0.1) is 0 Å². The number of pyridine rings is 2. The van der Waals surface area contributed by atoms with Crippen LogP contribution in [0.25, 0.3) is 0 Å². The third-order valence-electron chi connectivity index (χ3n) is 2.65. The zero-order valence-corrected chi connectivity index (χ0v) is 10.4. The first-order chi connectivity index (χ1) is 8.75. The van der Waals surface area contributed by atoms with Crippen molar-refractivity contribution in [2.24, 2.45) is 0 Å². The SMILES string of the molecule is Cc1ccc(CNCC(O)c2ccccn2)nc1. The summed E-state index contributed by atoms with van der Waals surface area (Å²) in [7, 11) is 0. The molecule has 1 unspecified atom stereocenters. The van der Waals surface area contributed by atoms with E-state index < -0.39 is 6.10 Å². The molecule has 0 amide bonds. The van der Waals surface area contributed by atoms with Crippen LogP contribution in [-0.4, -0.2) is 21.6 Å². The molecule has 0 aliphatic heterocycles. The summed E-state index contributed by atoms with van der Waals surface area (Å²) >= 11 is 0. The van der Waals surface area contributed by atoms with Crippen molar-refractivity contribution in [3.8, 4) is 0 Å². The molecule has 0 aliphatic rings. The van der Waals surface area contributed by atoms with Crippen molar-refractivity contribution in [1.82, 2.24) is 15.3 Å². The number of hydrogen-bond donors (Lipinski definition) is 2. The Bertz CT molecular complexity index is 470. The molecule has 1 atom stereocenters. The van der Waals surface area contributed by atoms with Crippen molar-refractivity contribution in [2.45, 2.75) is 19.6 Å². The first kappa shape index (κ1) is 12.7. The Morgan fingerprint density at radius 1 is 1.22 bits per heavy atom. The Hall–Kier alpha value is -1.78. The van der Waals surface area contributed by atoms with E-state index in [-0.39, 0.29) is 0 Å². The largest absolute Gasteiger partial charge is 0.385 e. The van der Waals surface area contributed by atoms with Crippen molar-refractivity contribution >= 4 is 0 Å². The molecule has 2 N–H and O–H groups in total. The first-order valence-electron chi connectivity index (χ1n) is 5.97. The molecule has 4 heteroatoms. The average Bonchev–Trinajstić information content (AvgIpc) is 2.42. The lowest BCUT2D eigenvalue weighted by Crippen LogP contribution is -2.22. The summed E-state index contributed by atoms with van der Waals surface area (Å²) in [5, 5.41) is 13.1. The standard InChI is InChI=1S/C14H17N3O/c1-11-5-6-12(17-8-11)9-15-10-14(18)13-4-2-3-7-16-13/h2-8,14-15,18H,9-10H2,1H3. The minimum Gasteiger partial charge on any atom is -0.385 e. The highest BCUT2D eigenvalue weighted by atomic mass is 16.3. The summed E-state index contributed by atoms with van der Waals surface area (Å²) < 4.78 is 0. The molecular weight excluding hydrogens is 226 g/mol. The maximum atomic E-state index is 9.90. The minimum absolute atomic E-state index is 0.465. The molecule has 2 aromatic heterocycles. The van der Waals surface area contributed by atoms with Crippen LogP contribution in [0.2, 0.25) is 0 Å². The molecule has 0 spiro atoms. The number of nitrogens with zero attached hydrogens (tertiary/aromatic N) is 2. The predicted molar refractivity (Wildman–Crippen MR) is 69.9 cm³/mol. The summed E-state index contributed by atoms with van der Waals surface area (Å²) in [4.78, 5) is 8.40. The summed E-state index contributed by atoms with van der Waals surface area (Å²) in [6.07, 6.45) is 2.93. The lowest BCUT2D eigenvalue weighted by molar-refractivity contribution is 0.169. The van der Waals surface area contributed by atoms with Crippen molar-refractivity contribution in [3.63, 3.8) is 0 Å². The number of aliphatic hydroxyl groups excluding tert-OH is 1. The van der Waals surface area contributed by atoms with E-state index in [0.29, 0.717) is 18.8 Å². The molecular formula is C14H17N3O. The van der Waals surface area contributed by atoms with Gasteiger partial charge in [0.15, 0.2) is 0 Å². The molecule has 0 aromatic carbocycles. The first-order valence-corrected chi connectivity index (χ1v) is 5.97. The number of rotatable bonds is 5. The smallest absolute Gasteiger partial charge is 0.108 e. The van der Waals surface area contributed by atoms with Gasteiger partial charge in [-0.2, -0.15) is 0 Å². The maximum absolute atomic E-state index is 9.90. The van der Waals surface area contributed by atoms with E-state index in [1.807, 2.05) is 43.5 Å². The fourth-order valence-electron chi connectivity index (χ4n) is 1.62. The maximum Gasteiger partial charge on any atom is 0.108 e. The van der Waals surface area contributed by atoms with Crippen molar-refractivity contribution in [2.75, 3.05) is 6.54 Å². The summed E-state index contributed by atoms with van der Waals surface area (Å²) in [5.74, 6) is 0.